The predicted octanol–water partition coefficient (Wildman–Crippen LogP) is 4.37. The van der Waals surface area contributed by atoms with Crippen LogP contribution < -0.4 is 10.0 Å². The van der Waals surface area contributed by atoms with Crippen molar-refractivity contribution in [3.05, 3.63) is 64.2 Å². The highest BCUT2D eigenvalue weighted by Gasteiger charge is 2.33. The lowest BCUT2D eigenvalue weighted by molar-refractivity contribution is 0.0107. The van der Waals surface area contributed by atoms with Gasteiger partial charge >= 0.3 is 0 Å². The van der Waals surface area contributed by atoms with Gasteiger partial charge in [-0.1, -0.05) is 30.3 Å². The second-order valence-corrected chi connectivity index (χ2v) is 11.6. The first kappa shape index (κ1) is 24.3. The molecule has 0 saturated heterocycles. The van der Waals surface area contributed by atoms with Crippen LogP contribution in [0, 0.1) is 5.92 Å². The number of primary amides is 1. The highest BCUT2D eigenvalue weighted by molar-refractivity contribution is 7.95. The molecule has 9 heteroatoms. The number of sulfonamides is 1. The number of aromatic nitrogens is 1. The molecule has 1 aromatic heterocycles. The summed E-state index contributed by atoms with van der Waals surface area (Å²) in [6, 6.07) is 8.59. The van der Waals surface area contributed by atoms with Crippen LogP contribution >= 0.6 is 11.6 Å². The van der Waals surface area contributed by atoms with Crippen LogP contribution in [0.3, 0.4) is 0 Å². The predicted molar refractivity (Wildman–Crippen MR) is 137 cm³/mol. The quantitative estimate of drug-likeness (QED) is 0.465. The summed E-state index contributed by atoms with van der Waals surface area (Å²) in [5.41, 5.74) is 9.58. The average molecular weight is 502 g/mol. The second-order valence-electron chi connectivity index (χ2n) is 9.30. The Labute approximate surface area is 204 Å². The van der Waals surface area contributed by atoms with Gasteiger partial charge in [0.05, 0.1) is 22.4 Å². The summed E-state index contributed by atoms with van der Waals surface area (Å²) in [6.45, 7) is 7.00. The van der Waals surface area contributed by atoms with Gasteiger partial charge in [-0.2, -0.15) is 0 Å². The van der Waals surface area contributed by atoms with Crippen LogP contribution in [0.15, 0.2) is 42.3 Å². The van der Waals surface area contributed by atoms with E-state index in [1.807, 2.05) is 19.9 Å². The van der Waals surface area contributed by atoms with E-state index in [-0.39, 0.29) is 5.92 Å². The Bertz CT molecular complexity index is 1420. The van der Waals surface area contributed by atoms with E-state index in [2.05, 4.69) is 11.6 Å². The number of carbonyl (C=O) groups is 1. The fourth-order valence-electron chi connectivity index (χ4n) is 4.77. The van der Waals surface area contributed by atoms with Gasteiger partial charge in [-0.15, -0.1) is 0 Å². The Balaban J connectivity index is 1.97. The Morgan fingerprint density at radius 3 is 2.68 bits per heavy atom. The minimum absolute atomic E-state index is 0.0603. The number of fused-ring (bicyclic) bond motifs is 3. The monoisotopic (exact) mass is 501 g/mol. The number of aryl methyl sites for hydroxylation is 1. The number of nitrogens with zero attached hydrogens (tertiary/aromatic N) is 1. The first-order chi connectivity index (χ1) is 15.8. The summed E-state index contributed by atoms with van der Waals surface area (Å²) in [6.07, 6.45) is 2.10. The Morgan fingerprint density at radius 2 is 2.06 bits per heavy atom. The molecule has 0 unspecified atom stereocenters. The van der Waals surface area contributed by atoms with E-state index in [9.17, 15) is 18.3 Å². The molecule has 34 heavy (non-hydrogen) atoms. The SMILES string of the molecule is C=CS(=O)(=O)N(C)c1cccc(-c2c(Cl)cc(C(N)=O)c3[nH]c4c(c23)CC[C@@H](C(C)(C)O)C4)c1. The first-order valence-electron chi connectivity index (χ1n) is 10.9. The molecule has 7 nitrogen and oxygen atoms in total. The Kier molecular flexibility index (Phi) is 6.04. The molecule has 0 fully saturated rings. The van der Waals surface area contributed by atoms with Crippen molar-refractivity contribution in [2.45, 2.75) is 38.7 Å². The molecule has 3 aromatic rings. The van der Waals surface area contributed by atoms with Gasteiger partial charge in [0.2, 0.25) is 0 Å². The maximum absolute atomic E-state index is 12.3. The molecule has 1 aliphatic carbocycles. The van der Waals surface area contributed by atoms with Gasteiger partial charge in [-0.3, -0.25) is 9.10 Å². The number of aliphatic hydroxyl groups is 1. The maximum Gasteiger partial charge on any atom is 0.256 e. The molecule has 1 heterocycles. The topological polar surface area (TPSA) is 116 Å². The number of hydrogen-bond acceptors (Lipinski definition) is 4. The van der Waals surface area contributed by atoms with E-state index in [1.54, 1.807) is 24.3 Å². The summed E-state index contributed by atoms with van der Waals surface area (Å²) < 4.78 is 25.8. The van der Waals surface area contributed by atoms with Crippen molar-refractivity contribution < 1.29 is 18.3 Å². The summed E-state index contributed by atoms with van der Waals surface area (Å²) in [7, 11) is -2.21. The number of rotatable bonds is 6. The van der Waals surface area contributed by atoms with Crippen molar-refractivity contribution in [2.24, 2.45) is 11.7 Å². The molecule has 1 aliphatic rings. The number of benzene rings is 2. The Hall–Kier alpha value is -2.81. The van der Waals surface area contributed by atoms with Crippen molar-refractivity contribution in [1.29, 1.82) is 0 Å². The number of carbonyl (C=O) groups excluding carboxylic acids is 1. The number of H-pyrrole nitrogens is 1. The maximum atomic E-state index is 12.3. The van der Waals surface area contributed by atoms with Crippen molar-refractivity contribution in [3.63, 3.8) is 0 Å². The molecule has 4 N–H and O–H groups in total. The van der Waals surface area contributed by atoms with Crippen molar-refractivity contribution in [1.82, 2.24) is 4.98 Å². The highest BCUT2D eigenvalue weighted by Crippen LogP contribution is 2.44. The lowest BCUT2D eigenvalue weighted by atomic mass is 9.77. The molecule has 0 spiro atoms. The lowest BCUT2D eigenvalue weighted by Gasteiger charge is -2.32. The molecule has 1 atom stereocenters. The van der Waals surface area contributed by atoms with Gasteiger partial charge in [-0.05, 0) is 68.4 Å². The zero-order valence-electron chi connectivity index (χ0n) is 19.4. The summed E-state index contributed by atoms with van der Waals surface area (Å²) >= 11 is 6.73. The third kappa shape index (κ3) is 4.10. The van der Waals surface area contributed by atoms with E-state index >= 15 is 0 Å². The third-order valence-corrected chi connectivity index (χ3v) is 8.46. The molecular formula is C25H28ClN3O4S. The zero-order valence-corrected chi connectivity index (χ0v) is 20.9. The number of hydrogen-bond donors (Lipinski definition) is 3. The van der Waals surface area contributed by atoms with Gasteiger partial charge in [0.15, 0.2) is 0 Å². The smallest absolute Gasteiger partial charge is 0.256 e. The summed E-state index contributed by atoms with van der Waals surface area (Å²) in [5, 5.41) is 12.6. The summed E-state index contributed by atoms with van der Waals surface area (Å²) in [4.78, 5) is 15.6. The van der Waals surface area contributed by atoms with E-state index in [1.165, 1.54) is 7.05 Å². The highest BCUT2D eigenvalue weighted by atomic mass is 35.5. The van der Waals surface area contributed by atoms with Crippen molar-refractivity contribution in [3.8, 4) is 11.1 Å². The molecule has 0 aliphatic heterocycles. The fourth-order valence-corrected chi connectivity index (χ4v) is 5.72. The number of halogens is 1. The zero-order chi connectivity index (χ0) is 25.0. The van der Waals surface area contributed by atoms with Crippen LogP contribution in [-0.2, 0) is 22.9 Å². The van der Waals surface area contributed by atoms with Crippen molar-refractivity contribution in [2.75, 3.05) is 11.4 Å². The van der Waals surface area contributed by atoms with Gasteiger partial charge in [0.25, 0.3) is 15.9 Å². The third-order valence-electron chi connectivity index (χ3n) is 6.77. The van der Waals surface area contributed by atoms with Crippen LogP contribution in [-0.4, -0.2) is 37.1 Å². The van der Waals surface area contributed by atoms with E-state index in [4.69, 9.17) is 17.3 Å². The second kappa shape index (κ2) is 8.45. The standard InChI is InChI=1S/C25H28ClN3O4S/c1-5-34(32,33)29(4)16-8-6-7-14(11-16)21-19(26)13-18(24(27)30)23-22(21)17-10-9-15(25(2,3)31)12-20(17)28-23/h5-8,11,13,15,28,31H,1,9-10,12H2,2-4H3,(H2,27,30)/t15-/m1/s1. The molecule has 1 amide bonds. The molecule has 0 radical (unpaired) electrons. The molecule has 4 rings (SSSR count). The minimum atomic E-state index is -3.67. The lowest BCUT2D eigenvalue weighted by Crippen LogP contribution is -2.34. The van der Waals surface area contributed by atoms with Gasteiger partial charge < -0.3 is 15.8 Å². The summed E-state index contributed by atoms with van der Waals surface area (Å²) in [5.74, 6) is -0.535. The van der Waals surface area contributed by atoms with E-state index in [0.29, 0.717) is 45.8 Å². The van der Waals surface area contributed by atoms with Gasteiger partial charge in [-0.25, -0.2) is 8.42 Å². The van der Waals surface area contributed by atoms with Crippen LogP contribution in [0.1, 0.15) is 41.9 Å². The molecule has 180 valence electrons. The van der Waals surface area contributed by atoms with Crippen LogP contribution in [0.5, 0.6) is 0 Å². The number of amides is 1. The molecular weight excluding hydrogens is 474 g/mol. The molecule has 2 aromatic carbocycles. The number of nitrogens with two attached hydrogens (primary N) is 1. The number of aromatic amines is 1. The van der Waals surface area contributed by atoms with Gasteiger partial charge in [0.1, 0.15) is 0 Å². The van der Waals surface area contributed by atoms with Crippen molar-refractivity contribution >= 4 is 44.1 Å². The Morgan fingerprint density at radius 1 is 1.35 bits per heavy atom. The van der Waals surface area contributed by atoms with Crippen LogP contribution in [0.4, 0.5) is 5.69 Å². The normalized spacial score (nSPS) is 16.3. The van der Waals surface area contributed by atoms with Crippen LogP contribution in [0.2, 0.25) is 5.02 Å². The molecule has 0 bridgehead atoms. The van der Waals surface area contributed by atoms with Crippen LogP contribution in [0.25, 0.3) is 22.0 Å². The average Bonchev–Trinajstić information content (AvgIpc) is 3.15. The van der Waals surface area contributed by atoms with E-state index in [0.717, 1.165) is 32.8 Å². The molecule has 0 saturated carbocycles. The van der Waals surface area contributed by atoms with Gasteiger partial charge in [0, 0.05) is 34.1 Å². The van der Waals surface area contributed by atoms with E-state index < -0.39 is 21.5 Å². The fraction of sp³-hybridized carbons (Fsp3) is 0.320. The largest absolute Gasteiger partial charge is 0.390 e. The first-order valence-corrected chi connectivity index (χ1v) is 12.8. The number of anilines is 1. The number of nitrogens with one attached hydrogen (secondary N) is 1. The minimum Gasteiger partial charge on any atom is -0.390 e.